The highest BCUT2D eigenvalue weighted by Crippen LogP contribution is 2.10. The SMILES string of the molecule is Nc1ccc(C#Cc2ccc(-n3cccc3)cc2)cc1. The Morgan fingerprint density at radius 2 is 1.20 bits per heavy atom. The fourth-order valence-corrected chi connectivity index (χ4v) is 1.93. The Labute approximate surface area is 118 Å². The Morgan fingerprint density at radius 3 is 1.75 bits per heavy atom. The van der Waals surface area contributed by atoms with Crippen LogP contribution in [0.5, 0.6) is 0 Å². The predicted octanol–water partition coefficient (Wildman–Crippen LogP) is 3.46. The first kappa shape index (κ1) is 12.1. The van der Waals surface area contributed by atoms with Crippen molar-refractivity contribution in [2.24, 2.45) is 0 Å². The molecule has 3 aromatic rings. The van der Waals surface area contributed by atoms with Gasteiger partial charge in [0.15, 0.2) is 0 Å². The molecule has 0 aliphatic carbocycles. The molecule has 1 heterocycles. The van der Waals surface area contributed by atoms with Gasteiger partial charge in [-0.2, -0.15) is 0 Å². The van der Waals surface area contributed by atoms with Crippen LogP contribution in [0.4, 0.5) is 5.69 Å². The maximum atomic E-state index is 5.65. The van der Waals surface area contributed by atoms with Gasteiger partial charge in [-0.3, -0.25) is 0 Å². The van der Waals surface area contributed by atoms with Crippen LogP contribution in [-0.2, 0) is 0 Å². The second-order valence-corrected chi connectivity index (χ2v) is 4.51. The summed E-state index contributed by atoms with van der Waals surface area (Å²) >= 11 is 0. The summed E-state index contributed by atoms with van der Waals surface area (Å²) in [6.07, 6.45) is 4.05. The van der Waals surface area contributed by atoms with E-state index in [4.69, 9.17) is 5.73 Å². The largest absolute Gasteiger partial charge is 0.399 e. The van der Waals surface area contributed by atoms with E-state index in [2.05, 4.69) is 28.5 Å². The van der Waals surface area contributed by atoms with E-state index in [-0.39, 0.29) is 0 Å². The molecule has 0 aliphatic rings. The highest BCUT2D eigenvalue weighted by Gasteiger charge is 1.94. The first-order chi connectivity index (χ1) is 9.81. The summed E-state index contributed by atoms with van der Waals surface area (Å²) in [5.74, 6) is 6.28. The third-order valence-corrected chi connectivity index (χ3v) is 3.03. The van der Waals surface area contributed by atoms with Crippen molar-refractivity contribution >= 4 is 5.69 Å². The average Bonchev–Trinajstić information content (AvgIpc) is 3.01. The highest BCUT2D eigenvalue weighted by atomic mass is 14.9. The molecular formula is C18H14N2. The lowest BCUT2D eigenvalue weighted by Crippen LogP contribution is -1.88. The van der Waals surface area contributed by atoms with Gasteiger partial charge in [-0.1, -0.05) is 11.8 Å². The number of nitrogens with two attached hydrogens (primary N) is 1. The van der Waals surface area contributed by atoms with E-state index in [1.54, 1.807) is 0 Å². The molecule has 0 saturated heterocycles. The number of aromatic nitrogens is 1. The van der Waals surface area contributed by atoms with E-state index in [9.17, 15) is 0 Å². The van der Waals surface area contributed by atoms with Crippen LogP contribution in [0.15, 0.2) is 73.1 Å². The Bertz CT molecular complexity index is 740. The predicted molar refractivity (Wildman–Crippen MR) is 82.6 cm³/mol. The molecule has 0 bridgehead atoms. The zero-order chi connectivity index (χ0) is 13.8. The molecule has 0 radical (unpaired) electrons. The number of nitrogen functional groups attached to an aromatic ring is 1. The first-order valence-electron chi connectivity index (χ1n) is 6.42. The van der Waals surface area contributed by atoms with Crippen molar-refractivity contribution in [1.29, 1.82) is 0 Å². The quantitative estimate of drug-likeness (QED) is 0.526. The van der Waals surface area contributed by atoms with Crippen molar-refractivity contribution in [1.82, 2.24) is 4.57 Å². The minimum atomic E-state index is 0.756. The van der Waals surface area contributed by atoms with Gasteiger partial charge in [-0.15, -0.1) is 0 Å². The fourth-order valence-electron chi connectivity index (χ4n) is 1.93. The van der Waals surface area contributed by atoms with Crippen LogP contribution in [0.1, 0.15) is 11.1 Å². The fraction of sp³-hybridized carbons (Fsp3) is 0. The normalized spacial score (nSPS) is 9.80. The lowest BCUT2D eigenvalue weighted by atomic mass is 10.1. The summed E-state index contributed by atoms with van der Waals surface area (Å²) in [5, 5.41) is 0. The van der Waals surface area contributed by atoms with Crippen LogP contribution in [0.25, 0.3) is 5.69 Å². The van der Waals surface area contributed by atoms with Gasteiger partial charge in [0.25, 0.3) is 0 Å². The van der Waals surface area contributed by atoms with Gasteiger partial charge >= 0.3 is 0 Å². The van der Waals surface area contributed by atoms with Crippen LogP contribution in [0, 0.1) is 11.8 Å². The Kier molecular flexibility index (Phi) is 3.26. The molecule has 2 N–H and O–H groups in total. The minimum Gasteiger partial charge on any atom is -0.399 e. The molecule has 0 unspecified atom stereocenters. The number of hydrogen-bond acceptors (Lipinski definition) is 1. The van der Waals surface area contributed by atoms with E-state index in [0.29, 0.717) is 0 Å². The van der Waals surface area contributed by atoms with Gasteiger partial charge in [0, 0.05) is 34.9 Å². The highest BCUT2D eigenvalue weighted by molar-refractivity contribution is 5.49. The van der Waals surface area contributed by atoms with Crippen LogP contribution >= 0.6 is 0 Å². The van der Waals surface area contributed by atoms with Crippen molar-refractivity contribution < 1.29 is 0 Å². The van der Waals surface area contributed by atoms with Gasteiger partial charge in [-0.25, -0.2) is 0 Å². The van der Waals surface area contributed by atoms with Crippen LogP contribution in [-0.4, -0.2) is 4.57 Å². The lowest BCUT2D eigenvalue weighted by molar-refractivity contribution is 1.08. The van der Waals surface area contributed by atoms with E-state index >= 15 is 0 Å². The number of anilines is 1. The molecule has 0 fully saturated rings. The molecule has 0 aliphatic heterocycles. The van der Waals surface area contributed by atoms with Crippen LogP contribution in [0.3, 0.4) is 0 Å². The number of rotatable bonds is 1. The van der Waals surface area contributed by atoms with Crippen molar-refractivity contribution in [3.8, 4) is 17.5 Å². The number of benzene rings is 2. The maximum Gasteiger partial charge on any atom is 0.0450 e. The van der Waals surface area contributed by atoms with Crippen LogP contribution < -0.4 is 5.73 Å². The van der Waals surface area contributed by atoms with E-state index in [1.807, 2.05) is 60.9 Å². The van der Waals surface area contributed by atoms with Crippen LogP contribution in [0.2, 0.25) is 0 Å². The van der Waals surface area contributed by atoms with Gasteiger partial charge in [-0.05, 0) is 60.7 Å². The zero-order valence-corrected chi connectivity index (χ0v) is 11.0. The molecular weight excluding hydrogens is 244 g/mol. The van der Waals surface area contributed by atoms with Gasteiger partial charge in [0.05, 0.1) is 0 Å². The summed E-state index contributed by atoms with van der Waals surface area (Å²) in [7, 11) is 0. The summed E-state index contributed by atoms with van der Waals surface area (Å²) in [6, 6.07) is 19.8. The second kappa shape index (κ2) is 5.38. The Morgan fingerprint density at radius 1 is 0.700 bits per heavy atom. The molecule has 0 spiro atoms. The topological polar surface area (TPSA) is 30.9 Å². The van der Waals surface area contributed by atoms with Gasteiger partial charge in [0.1, 0.15) is 0 Å². The van der Waals surface area contributed by atoms with Crippen molar-refractivity contribution in [2.45, 2.75) is 0 Å². The number of nitrogens with zero attached hydrogens (tertiary/aromatic N) is 1. The smallest absolute Gasteiger partial charge is 0.0450 e. The van der Waals surface area contributed by atoms with Crippen molar-refractivity contribution in [3.05, 3.63) is 84.2 Å². The standard InChI is InChI=1S/C18H14N2/c19-17-9-5-15(6-10-17)3-4-16-7-11-18(12-8-16)20-13-1-2-14-20/h1-2,5-14H,19H2. The molecule has 20 heavy (non-hydrogen) atoms. The Balaban J connectivity index is 1.81. The number of hydrogen-bond donors (Lipinski definition) is 1. The minimum absolute atomic E-state index is 0.756. The average molecular weight is 258 g/mol. The molecule has 96 valence electrons. The van der Waals surface area contributed by atoms with Gasteiger partial charge < -0.3 is 10.3 Å². The van der Waals surface area contributed by atoms with E-state index < -0.39 is 0 Å². The lowest BCUT2D eigenvalue weighted by Gasteiger charge is -2.01. The van der Waals surface area contributed by atoms with E-state index in [0.717, 1.165) is 22.5 Å². The molecule has 3 rings (SSSR count). The monoisotopic (exact) mass is 258 g/mol. The maximum absolute atomic E-state index is 5.65. The molecule has 0 amide bonds. The molecule has 2 heteroatoms. The molecule has 2 aromatic carbocycles. The summed E-state index contributed by atoms with van der Waals surface area (Å²) in [5.41, 5.74) is 9.50. The van der Waals surface area contributed by atoms with Crippen molar-refractivity contribution in [3.63, 3.8) is 0 Å². The molecule has 0 atom stereocenters. The second-order valence-electron chi connectivity index (χ2n) is 4.51. The zero-order valence-electron chi connectivity index (χ0n) is 11.0. The summed E-state index contributed by atoms with van der Waals surface area (Å²) < 4.78 is 2.07. The van der Waals surface area contributed by atoms with Gasteiger partial charge in [0.2, 0.25) is 0 Å². The molecule has 1 aromatic heterocycles. The van der Waals surface area contributed by atoms with E-state index in [1.165, 1.54) is 0 Å². The summed E-state index contributed by atoms with van der Waals surface area (Å²) in [4.78, 5) is 0. The third kappa shape index (κ3) is 2.73. The first-order valence-corrected chi connectivity index (χ1v) is 6.42. The molecule has 2 nitrogen and oxygen atoms in total. The summed E-state index contributed by atoms with van der Waals surface area (Å²) in [6.45, 7) is 0. The third-order valence-electron chi connectivity index (χ3n) is 3.03. The van der Waals surface area contributed by atoms with Crippen molar-refractivity contribution in [2.75, 3.05) is 5.73 Å². The Hall–Kier alpha value is -2.92. The molecule has 0 saturated carbocycles.